The van der Waals surface area contributed by atoms with Gasteiger partial charge < -0.3 is 24.6 Å². The summed E-state index contributed by atoms with van der Waals surface area (Å²) in [7, 11) is 1.30. The average Bonchev–Trinajstić information content (AvgIpc) is 3.08. The molecule has 0 aliphatic rings. The molecule has 1 heterocycles. The molecule has 4 aromatic rings. The first-order valence-electron chi connectivity index (χ1n) is 15.9. The Morgan fingerprint density at radius 2 is 1.40 bits per heavy atom. The summed E-state index contributed by atoms with van der Waals surface area (Å²) in [6.45, 7) is 1.86. The van der Waals surface area contributed by atoms with Gasteiger partial charge >= 0.3 is 24.5 Å². The van der Waals surface area contributed by atoms with Crippen molar-refractivity contribution in [1.82, 2.24) is 9.97 Å². The third kappa shape index (κ3) is 10.5. The molecule has 0 aliphatic carbocycles. The molecular formula is C36H34F9N3O5. The molecule has 0 bridgehead atoms. The molecule has 4 rings (SSSR count). The quantitative estimate of drug-likeness (QED) is 0.0969. The van der Waals surface area contributed by atoms with Crippen LogP contribution in [0.3, 0.4) is 0 Å². The zero-order valence-electron chi connectivity index (χ0n) is 28.5. The van der Waals surface area contributed by atoms with Crippen molar-refractivity contribution >= 4 is 11.9 Å². The molecule has 0 saturated heterocycles. The number of benzene rings is 3. The summed E-state index contributed by atoms with van der Waals surface area (Å²) in [4.78, 5) is 20.2. The number of hydrogen-bond donors (Lipinski definition) is 2. The summed E-state index contributed by atoms with van der Waals surface area (Å²) in [5.74, 6) is -1.28. The number of nitrogens with zero attached hydrogens (tertiary/aromatic N) is 3. The lowest BCUT2D eigenvalue weighted by Gasteiger charge is -2.26. The van der Waals surface area contributed by atoms with Gasteiger partial charge in [-0.1, -0.05) is 19.9 Å². The molecule has 53 heavy (non-hydrogen) atoms. The zero-order chi connectivity index (χ0) is 39.3. The Balaban J connectivity index is 1.91. The number of carboxylic acids is 1. The van der Waals surface area contributed by atoms with Gasteiger partial charge in [0.1, 0.15) is 5.75 Å². The van der Waals surface area contributed by atoms with E-state index in [1.807, 2.05) is 13.8 Å². The molecule has 17 heteroatoms. The highest BCUT2D eigenvalue weighted by molar-refractivity contribution is 5.77. The van der Waals surface area contributed by atoms with Gasteiger partial charge in [-0.3, -0.25) is 4.79 Å². The number of alkyl halides is 9. The minimum absolute atomic E-state index is 0.0432. The molecule has 0 aliphatic heterocycles. The first-order valence-corrected chi connectivity index (χ1v) is 15.9. The smallest absolute Gasteiger partial charge is 0.416 e. The van der Waals surface area contributed by atoms with Crippen LogP contribution in [-0.2, 0) is 43.0 Å². The Morgan fingerprint density at radius 1 is 0.792 bits per heavy atom. The van der Waals surface area contributed by atoms with Crippen LogP contribution in [0.4, 0.5) is 45.5 Å². The van der Waals surface area contributed by atoms with Crippen molar-refractivity contribution in [2.75, 3.05) is 18.6 Å². The van der Waals surface area contributed by atoms with E-state index in [1.54, 1.807) is 12.1 Å². The van der Waals surface area contributed by atoms with Gasteiger partial charge in [-0.25, -0.2) is 9.97 Å². The number of carboxylic acid groups (broad SMARTS) is 1. The first-order chi connectivity index (χ1) is 24.7. The van der Waals surface area contributed by atoms with Gasteiger partial charge in [-0.2, -0.15) is 39.5 Å². The number of aliphatic carboxylic acids is 1. The maximum Gasteiger partial charge on any atom is 0.416 e. The molecule has 3 aromatic carbocycles. The van der Waals surface area contributed by atoms with E-state index in [0.717, 1.165) is 29.4 Å². The van der Waals surface area contributed by atoms with Gasteiger partial charge in [0.15, 0.2) is 5.75 Å². The molecule has 0 atom stereocenters. The van der Waals surface area contributed by atoms with Crippen molar-refractivity contribution < 1.29 is 64.0 Å². The van der Waals surface area contributed by atoms with Gasteiger partial charge in [0.25, 0.3) is 0 Å². The molecule has 8 nitrogen and oxygen atoms in total. The number of methoxy groups -OCH3 is 1. The van der Waals surface area contributed by atoms with Gasteiger partial charge in [0.2, 0.25) is 5.95 Å². The van der Waals surface area contributed by atoms with Crippen LogP contribution in [0.5, 0.6) is 11.5 Å². The van der Waals surface area contributed by atoms with Crippen LogP contribution in [-0.4, -0.2) is 39.9 Å². The number of anilines is 1. The van der Waals surface area contributed by atoms with Gasteiger partial charge in [-0.15, -0.1) is 0 Å². The summed E-state index contributed by atoms with van der Waals surface area (Å²) in [6, 6.07) is 7.07. The Hall–Kier alpha value is -5.06. The molecule has 0 fully saturated rings. The molecule has 286 valence electrons. The van der Waals surface area contributed by atoms with Crippen molar-refractivity contribution in [3.63, 3.8) is 0 Å². The van der Waals surface area contributed by atoms with Crippen molar-refractivity contribution in [1.29, 1.82) is 0 Å². The second-order valence-electron chi connectivity index (χ2n) is 12.3. The normalized spacial score (nSPS) is 12.3. The van der Waals surface area contributed by atoms with E-state index in [1.165, 1.54) is 13.2 Å². The number of halogens is 9. The average molecular weight is 760 g/mol. The lowest BCUT2D eigenvalue weighted by Crippen LogP contribution is -2.25. The number of aliphatic hydroxyl groups excluding tert-OH is 1. The van der Waals surface area contributed by atoms with E-state index < -0.39 is 66.4 Å². The Kier molecular flexibility index (Phi) is 12.5. The lowest BCUT2D eigenvalue weighted by atomic mass is 9.90. The summed E-state index contributed by atoms with van der Waals surface area (Å²) < 4.78 is 136. The topological polar surface area (TPSA) is 105 Å². The lowest BCUT2D eigenvalue weighted by molar-refractivity contribution is -0.143. The Labute approximate surface area is 297 Å². The van der Waals surface area contributed by atoms with Crippen molar-refractivity contribution in [3.8, 4) is 22.6 Å². The van der Waals surface area contributed by atoms with E-state index in [-0.39, 0.29) is 65.6 Å². The van der Waals surface area contributed by atoms with Crippen LogP contribution in [0.2, 0.25) is 0 Å². The number of aliphatic hydroxyl groups is 1. The van der Waals surface area contributed by atoms with E-state index in [2.05, 4.69) is 9.97 Å². The first kappa shape index (κ1) is 40.7. The molecule has 0 amide bonds. The van der Waals surface area contributed by atoms with Crippen molar-refractivity contribution in [3.05, 3.63) is 99.9 Å². The number of aromatic nitrogens is 2. The van der Waals surface area contributed by atoms with Gasteiger partial charge in [-0.05, 0) is 77.1 Å². The molecule has 1 aromatic heterocycles. The van der Waals surface area contributed by atoms with E-state index in [9.17, 15) is 49.4 Å². The Morgan fingerprint density at radius 3 is 1.91 bits per heavy atom. The van der Waals surface area contributed by atoms with Crippen LogP contribution in [0.25, 0.3) is 11.1 Å². The summed E-state index contributed by atoms with van der Waals surface area (Å²) in [6.07, 6.45) is -13.0. The predicted molar refractivity (Wildman–Crippen MR) is 174 cm³/mol. The maximum atomic E-state index is 14.1. The highest BCUT2D eigenvalue weighted by Crippen LogP contribution is 2.42. The molecule has 0 unspecified atom stereocenters. The maximum absolute atomic E-state index is 14.1. The molecule has 0 saturated carbocycles. The molecular weight excluding hydrogens is 725 g/mol. The minimum atomic E-state index is -5.17. The fourth-order valence-corrected chi connectivity index (χ4v) is 5.46. The van der Waals surface area contributed by atoms with Crippen LogP contribution in [0, 0.1) is 0 Å². The summed E-state index contributed by atoms with van der Waals surface area (Å²) in [5.41, 5.74) is -3.42. The second-order valence-corrected chi connectivity index (χ2v) is 12.3. The second kappa shape index (κ2) is 16.3. The van der Waals surface area contributed by atoms with Crippen molar-refractivity contribution in [2.45, 2.75) is 70.8 Å². The largest absolute Gasteiger partial charge is 0.496 e. The van der Waals surface area contributed by atoms with Crippen molar-refractivity contribution in [2.24, 2.45) is 0 Å². The van der Waals surface area contributed by atoms with Crippen LogP contribution in [0.15, 0.2) is 60.9 Å². The molecule has 0 radical (unpaired) electrons. The molecule has 2 N–H and O–H groups in total. The van der Waals surface area contributed by atoms with E-state index in [0.29, 0.717) is 23.3 Å². The zero-order valence-corrected chi connectivity index (χ0v) is 28.5. The van der Waals surface area contributed by atoms with Crippen LogP contribution in [0.1, 0.15) is 71.6 Å². The standard InChI is InChI=1S/C36H34F9N3O5/c1-20(2)22-11-24(19-49)32(52-3)30(13-22)29-7-6-25(34(37,38)39)12-23(29)18-48(33-46-15-28(16-47-33)53-8-4-5-31(50)51)17-21-9-26(35(40,41)42)14-27(10-21)36(43,44)45/h6-7,9-16,20,49H,4-5,8,17-19H2,1-3H3,(H,50,51). The third-order valence-corrected chi connectivity index (χ3v) is 8.04. The molecule has 0 spiro atoms. The summed E-state index contributed by atoms with van der Waals surface area (Å²) >= 11 is 0. The number of rotatable bonds is 14. The Bertz CT molecular complexity index is 1860. The van der Waals surface area contributed by atoms with E-state index in [4.69, 9.17) is 14.6 Å². The number of ether oxygens (including phenoxy) is 2. The monoisotopic (exact) mass is 759 g/mol. The number of carbonyl (C=O) groups is 1. The highest BCUT2D eigenvalue weighted by atomic mass is 19.4. The number of hydrogen-bond acceptors (Lipinski definition) is 7. The highest BCUT2D eigenvalue weighted by Gasteiger charge is 2.37. The van der Waals surface area contributed by atoms with Gasteiger partial charge in [0.05, 0.1) is 49.4 Å². The van der Waals surface area contributed by atoms with Crippen LogP contribution >= 0.6 is 0 Å². The summed E-state index contributed by atoms with van der Waals surface area (Å²) in [5, 5.41) is 19.0. The third-order valence-electron chi connectivity index (χ3n) is 8.04. The van der Waals surface area contributed by atoms with Gasteiger partial charge in [0, 0.05) is 30.6 Å². The minimum Gasteiger partial charge on any atom is -0.496 e. The SMILES string of the molecule is COc1c(CO)cc(C(C)C)cc1-c1ccc(C(F)(F)F)cc1CN(Cc1cc(C(F)(F)F)cc(C(F)(F)F)c1)c1ncc(OCCCC(=O)O)cn1. The predicted octanol–water partition coefficient (Wildman–Crippen LogP) is 9.27. The fourth-order valence-electron chi connectivity index (χ4n) is 5.46. The van der Waals surface area contributed by atoms with Crippen LogP contribution < -0.4 is 14.4 Å². The fraction of sp³-hybridized carbons (Fsp3) is 0.361. The van der Waals surface area contributed by atoms with E-state index >= 15 is 0 Å².